The summed E-state index contributed by atoms with van der Waals surface area (Å²) in [7, 11) is 1.94. The topological polar surface area (TPSA) is 67.6 Å². The third kappa shape index (κ3) is 2.50. The number of ether oxygens (including phenoxy) is 1. The molecule has 0 aromatic heterocycles. The minimum Gasteiger partial charge on any atom is -0.482 e. The Balaban J connectivity index is 2.00. The maximum absolute atomic E-state index is 11.4. The van der Waals surface area contributed by atoms with E-state index in [1.807, 2.05) is 49.2 Å². The number of nitrogens with two attached hydrogens (primary N) is 1. The zero-order chi connectivity index (χ0) is 15.0. The number of nitrogens with zero attached hydrogens (tertiary/aromatic N) is 1. The zero-order valence-electron chi connectivity index (χ0n) is 12.0. The highest BCUT2D eigenvalue weighted by Crippen LogP contribution is 2.38. The smallest absolute Gasteiger partial charge is 0.262 e. The SMILES string of the molecule is Cc1ccc(N(C)c2cc3c(cc2N)OCC(=O)N3)cc1. The zero-order valence-corrected chi connectivity index (χ0v) is 12.0. The van der Waals surface area contributed by atoms with Crippen molar-refractivity contribution in [2.45, 2.75) is 6.92 Å². The molecule has 0 fully saturated rings. The molecule has 0 bridgehead atoms. The Morgan fingerprint density at radius 1 is 1.24 bits per heavy atom. The van der Waals surface area contributed by atoms with Crippen LogP contribution in [-0.2, 0) is 4.79 Å². The van der Waals surface area contributed by atoms with E-state index in [4.69, 9.17) is 10.5 Å². The molecular formula is C16H17N3O2. The number of fused-ring (bicyclic) bond motifs is 1. The van der Waals surface area contributed by atoms with Gasteiger partial charge in [-0.15, -0.1) is 0 Å². The van der Waals surface area contributed by atoms with Crippen molar-refractivity contribution in [2.24, 2.45) is 0 Å². The van der Waals surface area contributed by atoms with Crippen LogP contribution < -0.4 is 20.7 Å². The molecule has 0 saturated heterocycles. The fourth-order valence-corrected chi connectivity index (χ4v) is 2.33. The summed E-state index contributed by atoms with van der Waals surface area (Å²) in [6.45, 7) is 2.07. The third-order valence-corrected chi connectivity index (χ3v) is 3.54. The summed E-state index contributed by atoms with van der Waals surface area (Å²) in [4.78, 5) is 13.4. The van der Waals surface area contributed by atoms with E-state index in [1.54, 1.807) is 6.07 Å². The van der Waals surface area contributed by atoms with Gasteiger partial charge in [-0.1, -0.05) is 17.7 Å². The van der Waals surface area contributed by atoms with Crippen LogP contribution in [0.2, 0.25) is 0 Å². The minimum atomic E-state index is -0.156. The molecule has 3 rings (SSSR count). The van der Waals surface area contributed by atoms with Crippen molar-refractivity contribution >= 4 is 28.7 Å². The fraction of sp³-hybridized carbons (Fsp3) is 0.188. The van der Waals surface area contributed by atoms with Gasteiger partial charge in [0, 0.05) is 18.8 Å². The van der Waals surface area contributed by atoms with E-state index in [9.17, 15) is 4.79 Å². The van der Waals surface area contributed by atoms with E-state index < -0.39 is 0 Å². The van der Waals surface area contributed by atoms with Gasteiger partial charge in [0.1, 0.15) is 5.75 Å². The van der Waals surface area contributed by atoms with E-state index >= 15 is 0 Å². The van der Waals surface area contributed by atoms with Crippen LogP contribution in [0.25, 0.3) is 0 Å². The van der Waals surface area contributed by atoms with Crippen LogP contribution in [0.1, 0.15) is 5.56 Å². The lowest BCUT2D eigenvalue weighted by Gasteiger charge is -2.25. The third-order valence-electron chi connectivity index (χ3n) is 3.54. The lowest BCUT2D eigenvalue weighted by atomic mass is 10.1. The van der Waals surface area contributed by atoms with Gasteiger partial charge in [-0.2, -0.15) is 0 Å². The number of amides is 1. The van der Waals surface area contributed by atoms with Gasteiger partial charge in [0.25, 0.3) is 5.91 Å². The number of anilines is 4. The second-order valence-electron chi connectivity index (χ2n) is 5.14. The van der Waals surface area contributed by atoms with E-state index in [1.165, 1.54) is 5.56 Å². The summed E-state index contributed by atoms with van der Waals surface area (Å²) >= 11 is 0. The van der Waals surface area contributed by atoms with E-state index in [0.717, 1.165) is 11.4 Å². The number of aryl methyl sites for hydroxylation is 1. The van der Waals surface area contributed by atoms with Gasteiger partial charge in [-0.05, 0) is 25.1 Å². The Hall–Kier alpha value is -2.69. The molecule has 1 aliphatic rings. The average Bonchev–Trinajstić information content (AvgIpc) is 2.47. The first-order chi connectivity index (χ1) is 10.0. The van der Waals surface area contributed by atoms with Crippen molar-refractivity contribution < 1.29 is 9.53 Å². The standard InChI is InChI=1S/C16H17N3O2/c1-10-3-5-11(6-4-10)19(2)14-8-13-15(7-12(14)17)21-9-16(20)18-13/h3-8H,9,17H2,1-2H3,(H,18,20). The van der Waals surface area contributed by atoms with Gasteiger partial charge in [-0.3, -0.25) is 4.79 Å². The molecular weight excluding hydrogens is 266 g/mol. The second-order valence-corrected chi connectivity index (χ2v) is 5.14. The number of carbonyl (C=O) groups excluding carboxylic acids is 1. The minimum absolute atomic E-state index is 0.0274. The summed E-state index contributed by atoms with van der Waals surface area (Å²) in [5.41, 5.74) is 10.4. The molecule has 21 heavy (non-hydrogen) atoms. The van der Waals surface area contributed by atoms with Crippen LogP contribution in [0.5, 0.6) is 5.75 Å². The number of benzene rings is 2. The first kappa shape index (κ1) is 13.3. The van der Waals surface area contributed by atoms with Crippen LogP contribution in [0.4, 0.5) is 22.7 Å². The molecule has 1 heterocycles. The predicted octanol–water partition coefficient (Wildman–Crippen LogP) is 2.68. The highest BCUT2D eigenvalue weighted by molar-refractivity contribution is 5.97. The predicted molar refractivity (Wildman–Crippen MR) is 84.2 cm³/mol. The summed E-state index contributed by atoms with van der Waals surface area (Å²) in [5.74, 6) is 0.448. The van der Waals surface area contributed by atoms with E-state index in [-0.39, 0.29) is 12.5 Å². The maximum atomic E-state index is 11.4. The quantitative estimate of drug-likeness (QED) is 0.831. The molecule has 0 radical (unpaired) electrons. The Labute approximate surface area is 123 Å². The molecule has 0 unspecified atom stereocenters. The van der Waals surface area contributed by atoms with Crippen molar-refractivity contribution in [1.29, 1.82) is 0 Å². The molecule has 2 aromatic carbocycles. The normalized spacial score (nSPS) is 13.1. The molecule has 0 aliphatic carbocycles. The highest BCUT2D eigenvalue weighted by atomic mass is 16.5. The lowest BCUT2D eigenvalue weighted by molar-refractivity contribution is -0.118. The van der Waals surface area contributed by atoms with Crippen molar-refractivity contribution in [2.75, 3.05) is 29.6 Å². The number of nitrogen functional groups attached to an aromatic ring is 1. The van der Waals surface area contributed by atoms with Crippen LogP contribution in [0.15, 0.2) is 36.4 Å². The summed E-state index contributed by atoms with van der Waals surface area (Å²) < 4.78 is 5.36. The Morgan fingerprint density at radius 2 is 1.95 bits per heavy atom. The number of rotatable bonds is 2. The van der Waals surface area contributed by atoms with Gasteiger partial charge in [-0.25, -0.2) is 0 Å². The molecule has 0 spiro atoms. The average molecular weight is 283 g/mol. The first-order valence-electron chi connectivity index (χ1n) is 6.71. The molecule has 5 nitrogen and oxygen atoms in total. The number of nitrogens with one attached hydrogen (secondary N) is 1. The van der Waals surface area contributed by atoms with E-state index in [0.29, 0.717) is 17.1 Å². The monoisotopic (exact) mass is 283 g/mol. The molecule has 1 aliphatic heterocycles. The molecule has 0 saturated carbocycles. The maximum Gasteiger partial charge on any atom is 0.262 e. The van der Waals surface area contributed by atoms with E-state index in [2.05, 4.69) is 5.32 Å². The van der Waals surface area contributed by atoms with Crippen LogP contribution in [0.3, 0.4) is 0 Å². The first-order valence-corrected chi connectivity index (χ1v) is 6.71. The Bertz CT molecular complexity index is 695. The summed E-state index contributed by atoms with van der Waals surface area (Å²) in [6.07, 6.45) is 0. The van der Waals surface area contributed by atoms with Gasteiger partial charge < -0.3 is 20.7 Å². The molecule has 108 valence electrons. The number of hydrogen-bond acceptors (Lipinski definition) is 4. The second kappa shape index (κ2) is 5.01. The molecule has 0 atom stereocenters. The van der Waals surface area contributed by atoms with Crippen molar-refractivity contribution in [3.8, 4) is 5.75 Å². The van der Waals surface area contributed by atoms with Crippen molar-refractivity contribution in [3.05, 3.63) is 42.0 Å². The lowest BCUT2D eigenvalue weighted by Crippen LogP contribution is -2.26. The van der Waals surface area contributed by atoms with Gasteiger partial charge in [0.2, 0.25) is 0 Å². The number of hydrogen-bond donors (Lipinski definition) is 2. The fourth-order valence-electron chi connectivity index (χ4n) is 2.33. The van der Waals surface area contributed by atoms with Crippen LogP contribution in [0, 0.1) is 6.92 Å². The van der Waals surface area contributed by atoms with Crippen molar-refractivity contribution in [3.63, 3.8) is 0 Å². The summed E-state index contributed by atoms with van der Waals surface area (Å²) in [5, 5.41) is 2.80. The van der Waals surface area contributed by atoms with Crippen LogP contribution >= 0.6 is 0 Å². The molecule has 5 heteroatoms. The Morgan fingerprint density at radius 3 is 2.67 bits per heavy atom. The van der Waals surface area contributed by atoms with Crippen molar-refractivity contribution in [1.82, 2.24) is 0 Å². The molecule has 1 amide bonds. The highest BCUT2D eigenvalue weighted by Gasteiger charge is 2.19. The summed E-state index contributed by atoms with van der Waals surface area (Å²) in [6, 6.07) is 11.7. The largest absolute Gasteiger partial charge is 0.482 e. The molecule has 2 aromatic rings. The van der Waals surface area contributed by atoms with Gasteiger partial charge in [0.05, 0.1) is 17.1 Å². The molecule has 3 N–H and O–H groups in total. The number of carbonyl (C=O) groups is 1. The van der Waals surface area contributed by atoms with Crippen LogP contribution in [-0.4, -0.2) is 19.6 Å². The Kier molecular flexibility index (Phi) is 3.17. The van der Waals surface area contributed by atoms with Gasteiger partial charge >= 0.3 is 0 Å². The van der Waals surface area contributed by atoms with Gasteiger partial charge in [0.15, 0.2) is 6.61 Å².